The highest BCUT2D eigenvalue weighted by molar-refractivity contribution is 6.08. The van der Waals surface area contributed by atoms with E-state index in [1.807, 2.05) is 0 Å². The third-order valence-electron chi connectivity index (χ3n) is 6.13. The molecule has 4 aliphatic rings. The Morgan fingerprint density at radius 3 is 2.69 bits per heavy atom. The number of amides is 2. The molecule has 2 bridgehead atoms. The minimum Gasteiger partial charge on any atom is -0.462 e. The van der Waals surface area contributed by atoms with Crippen molar-refractivity contribution in [2.75, 3.05) is 26.2 Å². The molecule has 7 heteroatoms. The molecule has 0 aromatic carbocycles. The van der Waals surface area contributed by atoms with Crippen molar-refractivity contribution in [1.82, 2.24) is 20.1 Å². The molecule has 7 nitrogen and oxygen atoms in total. The van der Waals surface area contributed by atoms with Gasteiger partial charge in [-0.15, -0.1) is 0 Å². The summed E-state index contributed by atoms with van der Waals surface area (Å²) in [6, 6.07) is 2.19. The summed E-state index contributed by atoms with van der Waals surface area (Å²) in [5.41, 5.74) is 1.37. The van der Waals surface area contributed by atoms with Crippen LogP contribution in [0.2, 0.25) is 0 Å². The molecule has 4 aliphatic heterocycles. The number of pyridine rings is 1. The van der Waals surface area contributed by atoms with Crippen LogP contribution in [0.3, 0.4) is 0 Å². The summed E-state index contributed by atoms with van der Waals surface area (Å²) in [5, 5.41) is 3.84. The van der Waals surface area contributed by atoms with Crippen molar-refractivity contribution in [2.24, 2.45) is 5.92 Å². The van der Waals surface area contributed by atoms with Crippen LogP contribution in [0.5, 0.6) is 0 Å². The Morgan fingerprint density at radius 2 is 2.00 bits per heavy atom. The van der Waals surface area contributed by atoms with E-state index in [0.29, 0.717) is 34.2 Å². The molecule has 26 heavy (non-hydrogen) atoms. The maximum absolute atomic E-state index is 12.8. The first-order valence-electron chi connectivity index (χ1n) is 9.33. The van der Waals surface area contributed by atoms with Crippen LogP contribution in [0.1, 0.15) is 40.6 Å². The number of carbonyl (C=O) groups excluding carboxylic acids is 2. The fourth-order valence-corrected chi connectivity index (χ4v) is 4.42. The molecule has 2 amide bonds. The lowest BCUT2D eigenvalue weighted by Gasteiger charge is -2.49. The van der Waals surface area contributed by atoms with Crippen LogP contribution in [0.25, 0.3) is 11.0 Å². The number of furan rings is 1. The predicted molar refractivity (Wildman–Crippen MR) is 94.9 cm³/mol. The third kappa shape index (κ3) is 2.49. The summed E-state index contributed by atoms with van der Waals surface area (Å²) in [4.78, 5) is 33.6. The minimum absolute atomic E-state index is 0.0488. The van der Waals surface area contributed by atoms with E-state index >= 15 is 0 Å². The zero-order chi connectivity index (χ0) is 17.8. The topological polar surface area (TPSA) is 78.5 Å². The Hall–Kier alpha value is -2.41. The standard InChI is InChI=1S/C19H22N4O3/c1-11-17(12-2-4-22(11)5-3-12)21-18(24)15-8-13-14(19(25)23-6-7-23)10-26-16(13)9-20-15/h8-12,17H,2-7H2,1H3,(H,21,24). The van der Waals surface area contributed by atoms with Gasteiger partial charge in [0.1, 0.15) is 12.0 Å². The van der Waals surface area contributed by atoms with Crippen LogP contribution in [0.4, 0.5) is 0 Å². The van der Waals surface area contributed by atoms with E-state index in [-0.39, 0.29) is 17.9 Å². The van der Waals surface area contributed by atoms with E-state index in [1.54, 1.807) is 11.0 Å². The van der Waals surface area contributed by atoms with Crippen molar-refractivity contribution < 1.29 is 14.0 Å². The van der Waals surface area contributed by atoms with Gasteiger partial charge in [-0.1, -0.05) is 0 Å². The van der Waals surface area contributed by atoms with Gasteiger partial charge in [-0.3, -0.25) is 14.5 Å². The normalized spacial score (nSPS) is 29.8. The van der Waals surface area contributed by atoms with Crippen molar-refractivity contribution in [2.45, 2.75) is 31.8 Å². The Bertz CT molecular complexity index is 878. The number of nitrogens with zero attached hydrogens (tertiary/aromatic N) is 3. The number of rotatable bonds is 3. The molecule has 2 unspecified atom stereocenters. The van der Waals surface area contributed by atoms with E-state index in [0.717, 1.165) is 39.0 Å². The third-order valence-corrected chi connectivity index (χ3v) is 6.13. The fraction of sp³-hybridized carbons (Fsp3) is 0.526. The van der Waals surface area contributed by atoms with Crippen molar-refractivity contribution in [3.63, 3.8) is 0 Å². The Labute approximate surface area is 151 Å². The quantitative estimate of drug-likeness (QED) is 0.845. The maximum Gasteiger partial charge on any atom is 0.270 e. The smallest absolute Gasteiger partial charge is 0.270 e. The van der Waals surface area contributed by atoms with Crippen LogP contribution in [-0.4, -0.2) is 64.9 Å². The van der Waals surface area contributed by atoms with Gasteiger partial charge in [0.05, 0.1) is 11.8 Å². The van der Waals surface area contributed by atoms with Crippen LogP contribution < -0.4 is 5.32 Å². The van der Waals surface area contributed by atoms with Gasteiger partial charge in [0, 0.05) is 30.6 Å². The fourth-order valence-electron chi connectivity index (χ4n) is 4.42. The molecule has 4 saturated heterocycles. The number of nitrogens with one attached hydrogen (secondary N) is 1. The van der Waals surface area contributed by atoms with Gasteiger partial charge >= 0.3 is 0 Å². The molecule has 2 aromatic rings. The molecule has 0 radical (unpaired) electrons. The number of fused-ring (bicyclic) bond motifs is 4. The van der Waals surface area contributed by atoms with Crippen molar-refractivity contribution in [3.8, 4) is 0 Å². The van der Waals surface area contributed by atoms with E-state index in [1.165, 1.54) is 12.5 Å². The highest BCUT2D eigenvalue weighted by Crippen LogP contribution is 2.32. The van der Waals surface area contributed by atoms with Crippen LogP contribution >= 0.6 is 0 Å². The van der Waals surface area contributed by atoms with Gasteiger partial charge in [-0.2, -0.15) is 0 Å². The van der Waals surface area contributed by atoms with Gasteiger partial charge in [-0.25, -0.2) is 4.98 Å². The van der Waals surface area contributed by atoms with Gasteiger partial charge in [-0.05, 0) is 44.8 Å². The molecule has 0 saturated carbocycles. The molecule has 0 spiro atoms. The Balaban J connectivity index is 1.40. The van der Waals surface area contributed by atoms with Crippen molar-refractivity contribution >= 4 is 22.8 Å². The van der Waals surface area contributed by atoms with Gasteiger partial charge in [0.2, 0.25) is 0 Å². The summed E-state index contributed by atoms with van der Waals surface area (Å²) >= 11 is 0. The van der Waals surface area contributed by atoms with Crippen LogP contribution in [0, 0.1) is 5.92 Å². The lowest BCUT2D eigenvalue weighted by Crippen LogP contribution is -2.62. The molecule has 136 valence electrons. The van der Waals surface area contributed by atoms with E-state index in [2.05, 4.69) is 22.1 Å². The number of carbonyl (C=O) groups is 2. The average Bonchev–Trinajstić information content (AvgIpc) is 3.43. The minimum atomic E-state index is -0.177. The largest absolute Gasteiger partial charge is 0.462 e. The first-order chi connectivity index (χ1) is 12.6. The van der Waals surface area contributed by atoms with E-state index in [4.69, 9.17) is 4.42 Å². The first-order valence-corrected chi connectivity index (χ1v) is 9.33. The summed E-state index contributed by atoms with van der Waals surface area (Å²) in [5.74, 6) is 0.313. The van der Waals surface area contributed by atoms with Crippen LogP contribution in [0.15, 0.2) is 22.9 Å². The van der Waals surface area contributed by atoms with E-state index < -0.39 is 0 Å². The number of aromatic nitrogens is 1. The Morgan fingerprint density at radius 1 is 1.23 bits per heavy atom. The average molecular weight is 354 g/mol. The van der Waals surface area contributed by atoms with Crippen molar-refractivity contribution in [3.05, 3.63) is 29.8 Å². The number of hydrogen-bond donors (Lipinski definition) is 1. The maximum atomic E-state index is 12.8. The molecule has 0 aliphatic carbocycles. The summed E-state index contributed by atoms with van der Waals surface area (Å²) in [7, 11) is 0. The zero-order valence-electron chi connectivity index (χ0n) is 14.8. The van der Waals surface area contributed by atoms with Gasteiger partial charge < -0.3 is 14.6 Å². The molecule has 2 aromatic heterocycles. The SMILES string of the molecule is CC1C(NC(=O)c2cc3c(C(=O)N4CC4)coc3cn2)C2CCN1CC2. The summed E-state index contributed by atoms with van der Waals surface area (Å²) in [6.45, 7) is 5.99. The second kappa shape index (κ2) is 5.81. The molecule has 6 heterocycles. The summed E-state index contributed by atoms with van der Waals surface area (Å²) in [6.07, 6.45) is 5.27. The van der Waals surface area contributed by atoms with Gasteiger partial charge in [0.25, 0.3) is 11.8 Å². The predicted octanol–water partition coefficient (Wildman–Crippen LogP) is 1.50. The second-order valence-corrected chi connectivity index (χ2v) is 7.62. The highest BCUT2D eigenvalue weighted by atomic mass is 16.3. The zero-order valence-corrected chi connectivity index (χ0v) is 14.8. The van der Waals surface area contributed by atoms with Crippen LogP contribution in [-0.2, 0) is 0 Å². The molecular formula is C19H22N4O3. The van der Waals surface area contributed by atoms with E-state index in [9.17, 15) is 9.59 Å². The van der Waals surface area contributed by atoms with Gasteiger partial charge in [0.15, 0.2) is 5.58 Å². The number of hydrogen-bond acceptors (Lipinski definition) is 5. The second-order valence-electron chi connectivity index (χ2n) is 7.62. The highest BCUT2D eigenvalue weighted by Gasteiger charge is 2.40. The molecule has 1 N–H and O–H groups in total. The molecule has 4 fully saturated rings. The first kappa shape index (κ1) is 15.8. The molecule has 2 atom stereocenters. The summed E-state index contributed by atoms with van der Waals surface area (Å²) < 4.78 is 5.44. The lowest BCUT2D eigenvalue weighted by molar-refractivity contribution is 0.0216. The molecule has 6 rings (SSSR count). The lowest BCUT2D eigenvalue weighted by atomic mass is 9.79. The van der Waals surface area contributed by atoms with Crippen molar-refractivity contribution in [1.29, 1.82) is 0 Å². The monoisotopic (exact) mass is 354 g/mol. The Kier molecular flexibility index (Phi) is 3.53. The number of piperidine rings is 3. The molecular weight excluding hydrogens is 332 g/mol.